The topological polar surface area (TPSA) is 20.2 Å². The predicted octanol–water partition coefficient (Wildman–Crippen LogP) is 3.39. The molecule has 1 aromatic rings. The van der Waals surface area contributed by atoms with E-state index in [0.717, 1.165) is 5.56 Å². The Kier molecular flexibility index (Phi) is 3.50. The van der Waals surface area contributed by atoms with Gasteiger partial charge in [0.05, 0.1) is 5.60 Å². The summed E-state index contributed by atoms with van der Waals surface area (Å²) < 4.78 is 13.7. The molecule has 1 rings (SSSR count). The fraction of sp³-hybridized carbons (Fsp3) is 0.538. The van der Waals surface area contributed by atoms with Crippen molar-refractivity contribution in [3.05, 3.63) is 35.1 Å². The minimum absolute atomic E-state index is 0.00111. The molecule has 0 amide bonds. The van der Waals surface area contributed by atoms with E-state index in [4.69, 9.17) is 0 Å². The second-order valence-electron chi connectivity index (χ2n) is 4.42. The van der Waals surface area contributed by atoms with Crippen molar-refractivity contribution >= 4 is 0 Å². The highest BCUT2D eigenvalue weighted by molar-refractivity contribution is 5.29. The van der Waals surface area contributed by atoms with Crippen LogP contribution in [0.5, 0.6) is 0 Å². The highest BCUT2D eigenvalue weighted by atomic mass is 19.1. The third-order valence-electron chi connectivity index (χ3n) is 3.08. The maximum absolute atomic E-state index is 13.7. The van der Waals surface area contributed by atoms with Crippen LogP contribution in [0, 0.1) is 18.7 Å². The molecule has 1 N–H and O–H groups in total. The van der Waals surface area contributed by atoms with Crippen molar-refractivity contribution in [2.75, 3.05) is 0 Å². The first kappa shape index (κ1) is 12.2. The predicted molar refractivity (Wildman–Crippen MR) is 60.2 cm³/mol. The Morgan fingerprint density at radius 2 is 2.00 bits per heavy atom. The van der Waals surface area contributed by atoms with Crippen molar-refractivity contribution in [2.45, 2.75) is 39.7 Å². The van der Waals surface area contributed by atoms with Gasteiger partial charge in [0.25, 0.3) is 0 Å². The van der Waals surface area contributed by atoms with Gasteiger partial charge in [0.1, 0.15) is 5.82 Å². The fourth-order valence-corrected chi connectivity index (χ4v) is 1.88. The molecule has 1 nitrogen and oxygen atoms in total. The van der Waals surface area contributed by atoms with Gasteiger partial charge in [-0.25, -0.2) is 4.39 Å². The van der Waals surface area contributed by atoms with Crippen LogP contribution in [0.4, 0.5) is 4.39 Å². The number of aliphatic hydroxyl groups is 1. The van der Waals surface area contributed by atoms with Crippen molar-refractivity contribution in [2.24, 2.45) is 5.92 Å². The Morgan fingerprint density at radius 1 is 1.40 bits per heavy atom. The Labute approximate surface area is 90.9 Å². The molecule has 0 aromatic heterocycles. The van der Waals surface area contributed by atoms with E-state index in [0.29, 0.717) is 12.0 Å². The van der Waals surface area contributed by atoms with Gasteiger partial charge in [0.15, 0.2) is 0 Å². The van der Waals surface area contributed by atoms with Crippen molar-refractivity contribution in [3.8, 4) is 0 Å². The molecule has 1 unspecified atom stereocenters. The fourth-order valence-electron chi connectivity index (χ4n) is 1.88. The van der Waals surface area contributed by atoms with Crippen LogP contribution in [0.1, 0.15) is 38.3 Å². The molecule has 0 bridgehead atoms. The van der Waals surface area contributed by atoms with E-state index in [1.54, 1.807) is 12.1 Å². The van der Waals surface area contributed by atoms with Crippen LogP contribution in [0.25, 0.3) is 0 Å². The quantitative estimate of drug-likeness (QED) is 0.810. The SMILES string of the molecule is CCC(O)(c1cc(C)ccc1F)C(C)C. The number of rotatable bonds is 3. The van der Waals surface area contributed by atoms with Gasteiger partial charge in [-0.2, -0.15) is 0 Å². The number of halogens is 1. The van der Waals surface area contributed by atoms with Gasteiger partial charge in [0.2, 0.25) is 0 Å². The van der Waals surface area contributed by atoms with Crippen molar-refractivity contribution in [1.82, 2.24) is 0 Å². The van der Waals surface area contributed by atoms with Gasteiger partial charge < -0.3 is 5.11 Å². The van der Waals surface area contributed by atoms with E-state index in [2.05, 4.69) is 0 Å². The minimum atomic E-state index is -1.06. The summed E-state index contributed by atoms with van der Waals surface area (Å²) in [5.74, 6) is -0.322. The van der Waals surface area contributed by atoms with Crippen LogP contribution < -0.4 is 0 Å². The Bertz CT molecular complexity index is 346. The first-order valence-corrected chi connectivity index (χ1v) is 5.40. The molecule has 0 saturated heterocycles. The van der Waals surface area contributed by atoms with E-state index in [-0.39, 0.29) is 11.7 Å². The monoisotopic (exact) mass is 210 g/mol. The Morgan fingerprint density at radius 3 is 2.47 bits per heavy atom. The molecule has 84 valence electrons. The summed E-state index contributed by atoms with van der Waals surface area (Å²) in [5.41, 5.74) is 0.328. The standard InChI is InChI=1S/C13H19FO/c1-5-13(15,9(2)3)11-8-10(4)6-7-12(11)14/h6-9,15H,5H2,1-4H3. The summed E-state index contributed by atoms with van der Waals surface area (Å²) in [4.78, 5) is 0. The van der Waals surface area contributed by atoms with Gasteiger partial charge >= 0.3 is 0 Å². The first-order chi connectivity index (χ1) is 6.91. The molecule has 2 heteroatoms. The zero-order chi connectivity index (χ0) is 11.6. The van der Waals surface area contributed by atoms with Crippen LogP contribution in [-0.4, -0.2) is 5.11 Å². The molecule has 0 fully saturated rings. The van der Waals surface area contributed by atoms with Gasteiger partial charge in [-0.3, -0.25) is 0 Å². The van der Waals surface area contributed by atoms with Crippen molar-refractivity contribution in [3.63, 3.8) is 0 Å². The molecule has 0 saturated carbocycles. The second-order valence-corrected chi connectivity index (χ2v) is 4.42. The molecule has 0 spiro atoms. The van der Waals surface area contributed by atoms with Crippen LogP contribution >= 0.6 is 0 Å². The third kappa shape index (κ3) is 2.20. The number of benzene rings is 1. The number of hydrogen-bond acceptors (Lipinski definition) is 1. The lowest BCUT2D eigenvalue weighted by Crippen LogP contribution is -2.32. The summed E-state index contributed by atoms with van der Waals surface area (Å²) in [6.45, 7) is 7.59. The molecule has 1 aromatic carbocycles. The van der Waals surface area contributed by atoms with Crippen molar-refractivity contribution in [1.29, 1.82) is 0 Å². The van der Waals surface area contributed by atoms with E-state index in [1.807, 2.05) is 27.7 Å². The average molecular weight is 210 g/mol. The highest BCUT2D eigenvalue weighted by Crippen LogP contribution is 2.34. The number of hydrogen-bond donors (Lipinski definition) is 1. The van der Waals surface area contributed by atoms with Gasteiger partial charge in [-0.05, 0) is 25.3 Å². The zero-order valence-electron chi connectivity index (χ0n) is 9.84. The molecule has 0 heterocycles. The molecular formula is C13H19FO. The van der Waals surface area contributed by atoms with E-state index in [9.17, 15) is 9.50 Å². The van der Waals surface area contributed by atoms with Gasteiger partial charge in [-0.1, -0.05) is 38.5 Å². The summed E-state index contributed by atoms with van der Waals surface area (Å²) in [6, 6.07) is 4.88. The summed E-state index contributed by atoms with van der Waals surface area (Å²) in [7, 11) is 0. The molecule has 15 heavy (non-hydrogen) atoms. The van der Waals surface area contributed by atoms with Gasteiger partial charge in [0, 0.05) is 5.56 Å². The zero-order valence-corrected chi connectivity index (χ0v) is 9.84. The minimum Gasteiger partial charge on any atom is -0.385 e. The normalized spacial score (nSPS) is 15.4. The summed E-state index contributed by atoms with van der Waals surface area (Å²) >= 11 is 0. The molecule has 1 atom stereocenters. The lowest BCUT2D eigenvalue weighted by molar-refractivity contribution is -0.0171. The summed E-state index contributed by atoms with van der Waals surface area (Å²) in [5, 5.41) is 10.4. The molecule has 0 radical (unpaired) electrons. The van der Waals surface area contributed by atoms with Crippen LogP contribution in [0.2, 0.25) is 0 Å². The highest BCUT2D eigenvalue weighted by Gasteiger charge is 2.33. The van der Waals surface area contributed by atoms with Crippen LogP contribution in [0.3, 0.4) is 0 Å². The average Bonchev–Trinajstić information content (AvgIpc) is 2.20. The molecule has 0 aliphatic heterocycles. The van der Waals surface area contributed by atoms with Gasteiger partial charge in [-0.15, -0.1) is 0 Å². The number of aryl methyl sites for hydroxylation is 1. The Balaban J connectivity index is 3.29. The molecule has 0 aliphatic carbocycles. The molecule has 0 aliphatic rings. The van der Waals surface area contributed by atoms with Crippen LogP contribution in [0.15, 0.2) is 18.2 Å². The third-order valence-corrected chi connectivity index (χ3v) is 3.08. The van der Waals surface area contributed by atoms with Crippen LogP contribution in [-0.2, 0) is 5.60 Å². The van der Waals surface area contributed by atoms with E-state index >= 15 is 0 Å². The van der Waals surface area contributed by atoms with E-state index in [1.165, 1.54) is 6.07 Å². The maximum Gasteiger partial charge on any atom is 0.129 e. The first-order valence-electron chi connectivity index (χ1n) is 5.40. The van der Waals surface area contributed by atoms with E-state index < -0.39 is 5.60 Å². The summed E-state index contributed by atoms with van der Waals surface area (Å²) in [6.07, 6.45) is 0.519. The molecular weight excluding hydrogens is 191 g/mol. The second kappa shape index (κ2) is 4.31. The largest absolute Gasteiger partial charge is 0.385 e. The lowest BCUT2D eigenvalue weighted by atomic mass is 9.80. The van der Waals surface area contributed by atoms with Crippen molar-refractivity contribution < 1.29 is 9.50 Å². The smallest absolute Gasteiger partial charge is 0.129 e. The lowest BCUT2D eigenvalue weighted by Gasteiger charge is -2.32. The Hall–Kier alpha value is -0.890. The maximum atomic E-state index is 13.7.